The van der Waals surface area contributed by atoms with Crippen molar-refractivity contribution < 1.29 is 41.5 Å². The smallest absolute Gasteiger partial charge is 0.313 e. The van der Waals surface area contributed by atoms with E-state index in [2.05, 4.69) is 6.92 Å². The topological polar surface area (TPSA) is 77.5 Å². The molecule has 38 heavy (non-hydrogen) atoms. The number of ketones is 3. The number of carbonyl (C=O) groups is 4. The van der Waals surface area contributed by atoms with E-state index in [1.165, 1.54) is 0 Å². The van der Waals surface area contributed by atoms with Crippen molar-refractivity contribution in [2.75, 3.05) is 6.61 Å². The predicted octanol–water partition coefficient (Wildman–Crippen LogP) is 6.21. The van der Waals surface area contributed by atoms with Crippen LogP contribution in [0.3, 0.4) is 0 Å². The van der Waals surface area contributed by atoms with Gasteiger partial charge in [-0.25, -0.2) is 8.78 Å². The molecule has 0 bridgehead atoms. The second-order valence-electron chi connectivity index (χ2n) is 13.0. The summed E-state index contributed by atoms with van der Waals surface area (Å²) < 4.78 is 57.5. The number of Topliss-reactive ketones (excluding diaryl/α,β-unsaturated/α-hetero) is 3. The molecule has 5 nitrogen and oxygen atoms in total. The summed E-state index contributed by atoms with van der Waals surface area (Å²) in [4.78, 5) is 51.5. The van der Waals surface area contributed by atoms with E-state index in [-0.39, 0.29) is 71.6 Å². The first-order valence-corrected chi connectivity index (χ1v) is 14.0. The fourth-order valence-electron chi connectivity index (χ4n) is 8.52. The maximum Gasteiger partial charge on any atom is 0.313 e. The first-order valence-electron chi connectivity index (χ1n) is 14.0. The zero-order valence-electron chi connectivity index (χ0n) is 22.8. The molecule has 8 atom stereocenters. The fraction of sp³-hybridized carbons (Fsp3) is 0.862. The van der Waals surface area contributed by atoms with Crippen LogP contribution in [0.25, 0.3) is 0 Å². The van der Waals surface area contributed by atoms with Crippen molar-refractivity contribution in [3.05, 3.63) is 0 Å². The molecule has 0 aliphatic heterocycles. The molecule has 0 saturated heterocycles. The molecule has 4 rings (SSSR count). The van der Waals surface area contributed by atoms with Crippen LogP contribution in [0.1, 0.15) is 91.9 Å². The van der Waals surface area contributed by atoms with Crippen LogP contribution in [0.15, 0.2) is 0 Å². The summed E-state index contributed by atoms with van der Waals surface area (Å²) in [5.41, 5.74) is -0.863. The van der Waals surface area contributed by atoms with Gasteiger partial charge < -0.3 is 4.74 Å². The number of hydrogen-bond donors (Lipinski definition) is 0. The molecule has 4 saturated carbocycles. The van der Waals surface area contributed by atoms with Gasteiger partial charge in [-0.3, -0.25) is 19.2 Å². The molecule has 0 N–H and O–H groups in total. The summed E-state index contributed by atoms with van der Waals surface area (Å²) in [6.45, 7) is 5.45. The van der Waals surface area contributed by atoms with Gasteiger partial charge in [0.15, 0.2) is 0 Å². The Morgan fingerprint density at radius 3 is 2.39 bits per heavy atom. The van der Waals surface area contributed by atoms with Gasteiger partial charge in [0, 0.05) is 50.4 Å². The van der Waals surface area contributed by atoms with Gasteiger partial charge in [0.05, 0.1) is 13.0 Å². The van der Waals surface area contributed by atoms with Gasteiger partial charge in [-0.15, -0.1) is 0 Å². The summed E-state index contributed by atoms with van der Waals surface area (Å²) in [6.07, 6.45) is 2.99. The monoisotopic (exact) mass is 544 g/mol. The van der Waals surface area contributed by atoms with Gasteiger partial charge in [0.2, 0.25) is 0 Å². The van der Waals surface area contributed by atoms with Crippen molar-refractivity contribution in [3.63, 3.8) is 0 Å². The lowest BCUT2D eigenvalue weighted by molar-refractivity contribution is -0.206. The number of halogens is 4. The van der Waals surface area contributed by atoms with Crippen LogP contribution in [0.4, 0.5) is 17.6 Å². The Kier molecular flexibility index (Phi) is 7.67. The van der Waals surface area contributed by atoms with Gasteiger partial charge in [0.1, 0.15) is 17.3 Å². The van der Waals surface area contributed by atoms with E-state index in [1.807, 2.05) is 13.8 Å². The van der Waals surface area contributed by atoms with Crippen molar-refractivity contribution in [2.24, 2.45) is 46.3 Å². The van der Waals surface area contributed by atoms with E-state index in [9.17, 15) is 36.7 Å². The number of rotatable bonds is 8. The van der Waals surface area contributed by atoms with Crippen molar-refractivity contribution >= 4 is 23.3 Å². The Labute approximate surface area is 221 Å². The first-order chi connectivity index (χ1) is 17.5. The third-order valence-electron chi connectivity index (χ3n) is 11.0. The van der Waals surface area contributed by atoms with E-state index in [4.69, 9.17) is 4.74 Å². The van der Waals surface area contributed by atoms with Gasteiger partial charge in [0.25, 0.3) is 0 Å². The second-order valence-corrected chi connectivity index (χ2v) is 13.0. The lowest BCUT2D eigenvalue weighted by Gasteiger charge is -2.58. The highest BCUT2D eigenvalue weighted by Crippen LogP contribution is 2.66. The van der Waals surface area contributed by atoms with Crippen LogP contribution in [0.5, 0.6) is 0 Å². The summed E-state index contributed by atoms with van der Waals surface area (Å²) in [5.74, 6) is -8.97. The molecule has 4 aliphatic rings. The van der Waals surface area contributed by atoms with Gasteiger partial charge in [-0.05, 0) is 60.7 Å². The second kappa shape index (κ2) is 9.99. The predicted molar refractivity (Wildman–Crippen MR) is 131 cm³/mol. The van der Waals surface area contributed by atoms with Crippen LogP contribution in [-0.2, 0) is 23.9 Å². The Hall–Kier alpha value is -1.80. The van der Waals surface area contributed by atoms with Crippen LogP contribution in [0, 0.1) is 46.3 Å². The normalized spacial score (nSPS) is 38.3. The zero-order valence-corrected chi connectivity index (χ0v) is 22.8. The number of ether oxygens (including phenoxy) is 1. The molecular formula is C29H40F4O5. The number of fused-ring (bicyclic) bond motifs is 5. The number of alkyl halides is 4. The third-order valence-corrected chi connectivity index (χ3v) is 11.0. The maximum atomic E-state index is 13.8. The highest BCUT2D eigenvalue weighted by Gasteiger charge is 2.66. The van der Waals surface area contributed by atoms with Gasteiger partial charge in [-0.1, -0.05) is 20.8 Å². The highest BCUT2D eigenvalue weighted by atomic mass is 19.3. The highest BCUT2D eigenvalue weighted by molar-refractivity contribution is 5.93. The lowest BCUT2D eigenvalue weighted by Crippen LogP contribution is -2.60. The van der Waals surface area contributed by atoms with E-state index < -0.39 is 36.3 Å². The van der Waals surface area contributed by atoms with Crippen molar-refractivity contribution in [3.8, 4) is 0 Å². The third kappa shape index (κ3) is 4.85. The van der Waals surface area contributed by atoms with Crippen molar-refractivity contribution in [1.82, 2.24) is 0 Å². The molecule has 0 aromatic heterocycles. The Balaban J connectivity index is 1.39. The number of hydrogen-bond acceptors (Lipinski definition) is 5. The largest absolute Gasteiger partial charge is 0.465 e. The van der Waals surface area contributed by atoms with Gasteiger partial charge in [-0.2, -0.15) is 8.78 Å². The molecule has 0 radical (unpaired) electrons. The molecular weight excluding hydrogens is 504 g/mol. The van der Waals surface area contributed by atoms with E-state index in [0.717, 1.165) is 19.3 Å². The SMILES string of the molecule is C[C@H](CCC(=O)OCCC(F)(F)C(C)(F)F)[C@H]1CC[C@@H]2[C@@H]3C(=O)CC4CC(=O)CC[C@]4(C)[C@H]3CC(=O)[C@@]21C. The standard InChI is InChI=1S/C29H40F4O5/c1-16(5-8-24(37)38-12-11-29(32,33)28(4,30)31)19-6-7-20-25-21(15-23(36)27(19,20)3)26(2)10-9-18(34)13-17(26)14-22(25)35/h16-17,19-21,25H,5-15H2,1-4H3/t16-,17?,19-,20-,21+,25+,26+,27-/m1/s1. The van der Waals surface area contributed by atoms with Crippen LogP contribution >= 0.6 is 0 Å². The quantitative estimate of drug-likeness (QED) is 0.268. The summed E-state index contributed by atoms with van der Waals surface area (Å²) in [6, 6.07) is 0. The first kappa shape index (κ1) is 29.2. The average molecular weight is 545 g/mol. The Morgan fingerprint density at radius 1 is 1.05 bits per heavy atom. The van der Waals surface area contributed by atoms with Crippen LogP contribution < -0.4 is 0 Å². The van der Waals surface area contributed by atoms with Crippen LogP contribution in [0.2, 0.25) is 0 Å². The minimum atomic E-state index is -4.26. The number of esters is 1. The van der Waals surface area contributed by atoms with E-state index >= 15 is 0 Å². The van der Waals surface area contributed by atoms with Gasteiger partial charge >= 0.3 is 17.8 Å². The number of carbonyl (C=O) groups excluding carboxylic acids is 4. The average Bonchev–Trinajstić information content (AvgIpc) is 3.17. The molecule has 4 fully saturated rings. The molecule has 0 aromatic rings. The molecule has 9 heteroatoms. The summed E-state index contributed by atoms with van der Waals surface area (Å²) in [5, 5.41) is 0. The molecule has 4 aliphatic carbocycles. The molecule has 1 unspecified atom stereocenters. The Bertz CT molecular complexity index is 990. The molecule has 0 amide bonds. The van der Waals surface area contributed by atoms with E-state index in [1.54, 1.807) is 0 Å². The summed E-state index contributed by atoms with van der Waals surface area (Å²) >= 11 is 0. The lowest BCUT2D eigenvalue weighted by atomic mass is 9.44. The molecule has 0 heterocycles. The molecule has 214 valence electrons. The minimum Gasteiger partial charge on any atom is -0.465 e. The minimum absolute atomic E-state index is 0.0142. The van der Waals surface area contributed by atoms with Crippen molar-refractivity contribution in [2.45, 2.75) is 104 Å². The Morgan fingerprint density at radius 2 is 1.74 bits per heavy atom. The molecule has 0 aromatic carbocycles. The summed E-state index contributed by atoms with van der Waals surface area (Å²) in [7, 11) is 0. The van der Waals surface area contributed by atoms with Crippen LogP contribution in [-0.4, -0.2) is 41.8 Å². The fourth-order valence-corrected chi connectivity index (χ4v) is 8.52. The molecule has 0 spiro atoms. The van der Waals surface area contributed by atoms with Crippen molar-refractivity contribution in [1.29, 1.82) is 0 Å². The zero-order chi connectivity index (χ0) is 28.3. The van der Waals surface area contributed by atoms with E-state index in [0.29, 0.717) is 32.1 Å². The maximum absolute atomic E-state index is 13.8.